The zero-order chi connectivity index (χ0) is 10.7. The smallest absolute Gasteiger partial charge is 0.135 e. The standard InChI is InChI=1S/C13H20O2/c1-10-7-8-15-13(10)12(14)9-11-5-3-2-4-6-11/h7-8,11-12,14H,2-6,9H2,1H3. The summed E-state index contributed by atoms with van der Waals surface area (Å²) in [4.78, 5) is 0. The van der Waals surface area contributed by atoms with E-state index < -0.39 is 6.10 Å². The zero-order valence-electron chi connectivity index (χ0n) is 9.41. The normalized spacial score (nSPS) is 20.4. The number of hydrogen-bond donors (Lipinski definition) is 1. The van der Waals surface area contributed by atoms with Crippen LogP contribution in [0.4, 0.5) is 0 Å². The highest BCUT2D eigenvalue weighted by Gasteiger charge is 2.21. The lowest BCUT2D eigenvalue weighted by molar-refractivity contribution is 0.109. The molecular formula is C13H20O2. The highest BCUT2D eigenvalue weighted by molar-refractivity contribution is 5.16. The van der Waals surface area contributed by atoms with E-state index in [9.17, 15) is 5.11 Å². The van der Waals surface area contributed by atoms with Crippen molar-refractivity contribution in [1.29, 1.82) is 0 Å². The largest absolute Gasteiger partial charge is 0.466 e. The number of aliphatic hydroxyl groups is 1. The summed E-state index contributed by atoms with van der Waals surface area (Å²) in [6, 6.07) is 1.92. The SMILES string of the molecule is Cc1ccoc1C(O)CC1CCCCC1. The van der Waals surface area contributed by atoms with Crippen LogP contribution in [0.1, 0.15) is 56.0 Å². The van der Waals surface area contributed by atoms with Gasteiger partial charge in [0.25, 0.3) is 0 Å². The van der Waals surface area contributed by atoms with Gasteiger partial charge in [0.1, 0.15) is 11.9 Å². The van der Waals surface area contributed by atoms with Gasteiger partial charge in [-0.3, -0.25) is 0 Å². The van der Waals surface area contributed by atoms with Crippen molar-refractivity contribution in [2.24, 2.45) is 5.92 Å². The van der Waals surface area contributed by atoms with E-state index in [4.69, 9.17) is 4.42 Å². The van der Waals surface area contributed by atoms with Crippen molar-refractivity contribution in [2.45, 2.75) is 51.6 Å². The first-order valence-electron chi connectivity index (χ1n) is 5.99. The van der Waals surface area contributed by atoms with E-state index in [0.29, 0.717) is 5.92 Å². The lowest BCUT2D eigenvalue weighted by Crippen LogP contribution is -2.11. The van der Waals surface area contributed by atoms with E-state index in [1.54, 1.807) is 6.26 Å². The first kappa shape index (κ1) is 10.7. The Hall–Kier alpha value is -0.760. The van der Waals surface area contributed by atoms with Crippen molar-refractivity contribution in [3.05, 3.63) is 23.7 Å². The Morgan fingerprint density at radius 2 is 2.13 bits per heavy atom. The summed E-state index contributed by atoms with van der Waals surface area (Å²) in [5.41, 5.74) is 1.07. The van der Waals surface area contributed by atoms with E-state index in [0.717, 1.165) is 17.7 Å². The molecule has 15 heavy (non-hydrogen) atoms. The molecule has 1 aromatic heterocycles. The molecule has 0 radical (unpaired) electrons. The average molecular weight is 208 g/mol. The summed E-state index contributed by atoms with van der Waals surface area (Å²) in [6.07, 6.45) is 8.70. The van der Waals surface area contributed by atoms with Crippen molar-refractivity contribution < 1.29 is 9.52 Å². The van der Waals surface area contributed by atoms with Crippen LogP contribution in [0.5, 0.6) is 0 Å². The molecule has 0 amide bonds. The summed E-state index contributed by atoms with van der Waals surface area (Å²) in [6.45, 7) is 1.99. The predicted molar refractivity (Wildman–Crippen MR) is 59.6 cm³/mol. The van der Waals surface area contributed by atoms with Gasteiger partial charge in [-0.2, -0.15) is 0 Å². The molecule has 2 heteroatoms. The maximum Gasteiger partial charge on any atom is 0.135 e. The first-order valence-corrected chi connectivity index (χ1v) is 5.99. The van der Waals surface area contributed by atoms with Crippen LogP contribution in [0.15, 0.2) is 16.7 Å². The van der Waals surface area contributed by atoms with Gasteiger partial charge in [-0.05, 0) is 30.9 Å². The molecule has 1 N–H and O–H groups in total. The maximum atomic E-state index is 10.0. The van der Waals surface area contributed by atoms with Crippen molar-refractivity contribution in [2.75, 3.05) is 0 Å². The van der Waals surface area contributed by atoms with E-state index in [1.165, 1.54) is 32.1 Å². The van der Waals surface area contributed by atoms with Crippen LogP contribution in [-0.4, -0.2) is 5.11 Å². The predicted octanol–water partition coefficient (Wildman–Crippen LogP) is 3.59. The Morgan fingerprint density at radius 3 is 2.73 bits per heavy atom. The van der Waals surface area contributed by atoms with Crippen molar-refractivity contribution in [3.8, 4) is 0 Å². The molecule has 0 bridgehead atoms. The van der Waals surface area contributed by atoms with Gasteiger partial charge >= 0.3 is 0 Å². The molecule has 0 aliphatic heterocycles. The van der Waals surface area contributed by atoms with Gasteiger partial charge in [0.15, 0.2) is 0 Å². The Bertz CT molecular complexity index is 297. The van der Waals surface area contributed by atoms with Crippen LogP contribution in [-0.2, 0) is 0 Å². The third-order valence-corrected chi connectivity index (χ3v) is 3.49. The highest BCUT2D eigenvalue weighted by Crippen LogP contribution is 2.32. The van der Waals surface area contributed by atoms with Gasteiger partial charge in [0.05, 0.1) is 6.26 Å². The summed E-state index contributed by atoms with van der Waals surface area (Å²) in [5, 5.41) is 10.0. The van der Waals surface area contributed by atoms with Crippen LogP contribution < -0.4 is 0 Å². The van der Waals surface area contributed by atoms with Gasteiger partial charge in [-0.15, -0.1) is 0 Å². The minimum absolute atomic E-state index is 0.400. The van der Waals surface area contributed by atoms with Crippen LogP contribution >= 0.6 is 0 Å². The molecule has 1 aliphatic carbocycles. The van der Waals surface area contributed by atoms with Crippen molar-refractivity contribution >= 4 is 0 Å². The van der Waals surface area contributed by atoms with Gasteiger partial charge < -0.3 is 9.52 Å². The highest BCUT2D eigenvalue weighted by atomic mass is 16.4. The summed E-state index contributed by atoms with van der Waals surface area (Å²) in [5.74, 6) is 1.46. The van der Waals surface area contributed by atoms with Gasteiger partial charge in [0.2, 0.25) is 0 Å². The molecule has 84 valence electrons. The van der Waals surface area contributed by atoms with Crippen LogP contribution in [0.25, 0.3) is 0 Å². The fourth-order valence-electron chi connectivity index (χ4n) is 2.57. The Morgan fingerprint density at radius 1 is 1.40 bits per heavy atom. The molecule has 0 aromatic carbocycles. The second kappa shape index (κ2) is 4.84. The lowest BCUT2D eigenvalue weighted by Gasteiger charge is -2.23. The lowest BCUT2D eigenvalue weighted by atomic mass is 9.85. The zero-order valence-corrected chi connectivity index (χ0v) is 9.41. The molecule has 1 unspecified atom stereocenters. The van der Waals surface area contributed by atoms with Crippen LogP contribution in [0.2, 0.25) is 0 Å². The molecule has 1 heterocycles. The van der Waals surface area contributed by atoms with E-state index >= 15 is 0 Å². The number of aliphatic hydroxyl groups excluding tert-OH is 1. The summed E-state index contributed by atoms with van der Waals surface area (Å²) >= 11 is 0. The minimum Gasteiger partial charge on any atom is -0.466 e. The van der Waals surface area contributed by atoms with E-state index in [2.05, 4.69) is 0 Å². The minimum atomic E-state index is -0.400. The third kappa shape index (κ3) is 2.63. The third-order valence-electron chi connectivity index (χ3n) is 3.49. The van der Waals surface area contributed by atoms with E-state index in [-0.39, 0.29) is 0 Å². The molecule has 1 saturated carbocycles. The summed E-state index contributed by atoms with van der Waals surface area (Å²) < 4.78 is 5.32. The molecule has 1 atom stereocenters. The molecule has 0 spiro atoms. The number of hydrogen-bond acceptors (Lipinski definition) is 2. The fraction of sp³-hybridized carbons (Fsp3) is 0.692. The second-order valence-electron chi connectivity index (χ2n) is 4.72. The maximum absolute atomic E-state index is 10.0. The summed E-state index contributed by atoms with van der Waals surface area (Å²) in [7, 11) is 0. The first-order chi connectivity index (χ1) is 7.27. The van der Waals surface area contributed by atoms with Crippen molar-refractivity contribution in [3.63, 3.8) is 0 Å². The molecule has 1 aliphatic rings. The van der Waals surface area contributed by atoms with Crippen LogP contribution in [0, 0.1) is 12.8 Å². The molecule has 2 nitrogen and oxygen atoms in total. The molecule has 0 saturated heterocycles. The molecular weight excluding hydrogens is 188 g/mol. The Labute approximate surface area is 91.3 Å². The molecule has 1 aromatic rings. The fourth-order valence-corrected chi connectivity index (χ4v) is 2.57. The van der Waals surface area contributed by atoms with Gasteiger partial charge in [-0.1, -0.05) is 32.1 Å². The number of furan rings is 1. The van der Waals surface area contributed by atoms with Gasteiger partial charge in [0, 0.05) is 0 Å². The number of rotatable bonds is 3. The molecule has 1 fully saturated rings. The Balaban J connectivity index is 1.91. The molecule has 2 rings (SSSR count). The average Bonchev–Trinajstić information content (AvgIpc) is 2.66. The van der Waals surface area contributed by atoms with Crippen LogP contribution in [0.3, 0.4) is 0 Å². The Kier molecular flexibility index (Phi) is 3.47. The second-order valence-corrected chi connectivity index (χ2v) is 4.72. The van der Waals surface area contributed by atoms with E-state index in [1.807, 2.05) is 13.0 Å². The quantitative estimate of drug-likeness (QED) is 0.823. The monoisotopic (exact) mass is 208 g/mol. The topological polar surface area (TPSA) is 33.4 Å². The van der Waals surface area contributed by atoms with Gasteiger partial charge in [-0.25, -0.2) is 0 Å². The van der Waals surface area contributed by atoms with Crippen molar-refractivity contribution in [1.82, 2.24) is 0 Å². The number of aryl methyl sites for hydroxylation is 1.